The molecule has 18 heavy (non-hydrogen) atoms. The summed E-state index contributed by atoms with van der Waals surface area (Å²) in [4.78, 5) is 10.1. The summed E-state index contributed by atoms with van der Waals surface area (Å²) < 4.78 is 23.9. The van der Waals surface area contributed by atoms with Crippen LogP contribution in [0.3, 0.4) is 0 Å². The van der Waals surface area contributed by atoms with Gasteiger partial charge in [0, 0.05) is 19.4 Å². The fourth-order valence-electron chi connectivity index (χ4n) is 1.32. The maximum Gasteiger partial charge on any atom is 0.287 e. The molecule has 0 N–H and O–H groups in total. The number of sulfone groups is 1. The molecule has 2 heterocycles. The normalized spacial score (nSPS) is 11.7. The second-order valence-electron chi connectivity index (χ2n) is 3.60. The smallest absolute Gasteiger partial charge is 0.287 e. The fraction of sp³-hybridized carbons (Fsp3) is 0.250. The molecule has 0 bridgehead atoms. The van der Waals surface area contributed by atoms with Gasteiger partial charge in [-0.05, 0) is 0 Å². The molecule has 2 aromatic rings. The zero-order valence-corrected chi connectivity index (χ0v) is 11.0. The predicted molar refractivity (Wildman–Crippen MR) is 64.1 cm³/mol. The summed E-state index contributed by atoms with van der Waals surface area (Å²) in [7, 11) is -1.80. The average Bonchev–Trinajstić information content (AvgIpc) is 2.81. The van der Waals surface area contributed by atoms with Gasteiger partial charge in [0.15, 0.2) is 5.01 Å². The predicted octanol–water partition coefficient (Wildman–Crippen LogP) is 0.855. The Balaban J connectivity index is 2.50. The maximum atomic E-state index is 11.3. The van der Waals surface area contributed by atoms with Gasteiger partial charge < -0.3 is 4.57 Å². The van der Waals surface area contributed by atoms with E-state index in [1.165, 1.54) is 16.8 Å². The molecule has 8 nitrogen and oxygen atoms in total. The van der Waals surface area contributed by atoms with Crippen LogP contribution in [0.25, 0.3) is 10.7 Å². The molecule has 2 aromatic heterocycles. The van der Waals surface area contributed by atoms with Crippen LogP contribution in [0.2, 0.25) is 0 Å². The lowest BCUT2D eigenvalue weighted by atomic mass is 10.4. The molecule has 10 heteroatoms. The van der Waals surface area contributed by atoms with Gasteiger partial charge in [0.2, 0.25) is 14.2 Å². The van der Waals surface area contributed by atoms with Crippen molar-refractivity contribution in [1.29, 1.82) is 0 Å². The number of aromatic nitrogens is 3. The molecule has 0 aromatic carbocycles. The van der Waals surface area contributed by atoms with Crippen LogP contribution in [0.1, 0.15) is 0 Å². The van der Waals surface area contributed by atoms with E-state index in [0.717, 1.165) is 17.6 Å². The van der Waals surface area contributed by atoms with Gasteiger partial charge in [-0.2, -0.15) is 0 Å². The first-order chi connectivity index (χ1) is 8.29. The van der Waals surface area contributed by atoms with E-state index in [1.54, 1.807) is 7.05 Å². The third-order valence-corrected chi connectivity index (χ3v) is 4.76. The first-order valence-electron chi connectivity index (χ1n) is 4.63. The van der Waals surface area contributed by atoms with Crippen LogP contribution < -0.4 is 0 Å². The average molecular weight is 288 g/mol. The zero-order valence-electron chi connectivity index (χ0n) is 9.39. The standard InChI is InChI=1S/C8H8N4O4S2/c1-11-4-5(12(13)14)3-6(11)7-9-10-8(17-7)18(2,15)16/h3-4H,1-2H3. The molecule has 0 aliphatic heterocycles. The second kappa shape index (κ2) is 4.14. The summed E-state index contributed by atoms with van der Waals surface area (Å²) in [5.41, 5.74) is 0.373. The highest BCUT2D eigenvalue weighted by atomic mass is 32.2. The number of rotatable bonds is 3. The molecule has 0 atom stereocenters. The Kier molecular flexibility index (Phi) is 2.91. The highest BCUT2D eigenvalue weighted by Gasteiger charge is 2.19. The molecule has 0 unspecified atom stereocenters. The van der Waals surface area contributed by atoms with Gasteiger partial charge >= 0.3 is 0 Å². The summed E-state index contributed by atoms with van der Waals surface area (Å²) in [6.07, 6.45) is 2.36. The van der Waals surface area contributed by atoms with E-state index in [1.807, 2.05) is 0 Å². The van der Waals surface area contributed by atoms with Gasteiger partial charge in [-0.1, -0.05) is 11.3 Å². The van der Waals surface area contributed by atoms with Gasteiger partial charge in [-0.15, -0.1) is 10.2 Å². The van der Waals surface area contributed by atoms with Crippen molar-refractivity contribution in [3.63, 3.8) is 0 Å². The van der Waals surface area contributed by atoms with Gasteiger partial charge in [-0.3, -0.25) is 10.1 Å². The van der Waals surface area contributed by atoms with Gasteiger partial charge in [0.05, 0.1) is 16.8 Å². The van der Waals surface area contributed by atoms with Crippen molar-refractivity contribution < 1.29 is 13.3 Å². The topological polar surface area (TPSA) is 108 Å². The first kappa shape index (κ1) is 12.6. The van der Waals surface area contributed by atoms with E-state index >= 15 is 0 Å². The maximum absolute atomic E-state index is 11.3. The third-order valence-electron chi connectivity index (χ3n) is 2.14. The number of aryl methyl sites for hydroxylation is 1. The minimum absolute atomic E-state index is 0.0800. The number of hydrogen-bond acceptors (Lipinski definition) is 7. The second-order valence-corrected chi connectivity index (χ2v) is 6.76. The Labute approximate surface area is 106 Å². The zero-order chi connectivity index (χ0) is 13.5. The van der Waals surface area contributed by atoms with Gasteiger partial charge in [-0.25, -0.2) is 8.42 Å². The molecule has 0 saturated heterocycles. The highest BCUT2D eigenvalue weighted by Crippen LogP contribution is 2.29. The van der Waals surface area contributed by atoms with E-state index in [0.29, 0.717) is 10.7 Å². The minimum atomic E-state index is -3.41. The summed E-state index contributed by atoms with van der Waals surface area (Å²) in [6, 6.07) is 1.33. The molecule has 0 fully saturated rings. The number of hydrogen-bond donors (Lipinski definition) is 0. The van der Waals surface area contributed by atoms with Crippen molar-refractivity contribution in [1.82, 2.24) is 14.8 Å². The van der Waals surface area contributed by atoms with E-state index in [4.69, 9.17) is 0 Å². The van der Waals surface area contributed by atoms with Crippen molar-refractivity contribution in [2.45, 2.75) is 4.34 Å². The molecule has 0 saturated carbocycles. The summed E-state index contributed by atoms with van der Waals surface area (Å²) >= 11 is 0.879. The molecule has 0 amide bonds. The van der Waals surface area contributed by atoms with E-state index in [-0.39, 0.29) is 10.0 Å². The molecule has 0 aliphatic rings. The molecule has 2 rings (SSSR count). The first-order valence-corrected chi connectivity index (χ1v) is 7.34. The summed E-state index contributed by atoms with van der Waals surface area (Å²) in [5.74, 6) is 0. The lowest BCUT2D eigenvalue weighted by Gasteiger charge is -1.94. The van der Waals surface area contributed by atoms with Crippen molar-refractivity contribution in [2.24, 2.45) is 7.05 Å². The van der Waals surface area contributed by atoms with Gasteiger partial charge in [0.25, 0.3) is 5.69 Å². The molecular weight excluding hydrogens is 280 g/mol. The van der Waals surface area contributed by atoms with Crippen LogP contribution in [-0.2, 0) is 16.9 Å². The molecule has 0 aliphatic carbocycles. The fourth-order valence-corrected chi connectivity index (χ4v) is 2.99. The Morgan fingerprint density at radius 1 is 1.44 bits per heavy atom. The van der Waals surface area contributed by atoms with E-state index < -0.39 is 14.8 Å². The summed E-state index contributed by atoms with van der Waals surface area (Å²) in [6.45, 7) is 0. The van der Waals surface area contributed by atoms with Crippen LogP contribution in [0.5, 0.6) is 0 Å². The Bertz CT molecular complexity index is 715. The third kappa shape index (κ3) is 2.24. The van der Waals surface area contributed by atoms with Crippen molar-refractivity contribution in [3.05, 3.63) is 22.4 Å². The SMILES string of the molecule is Cn1cc([N+](=O)[O-])cc1-c1nnc(S(C)(=O)=O)s1. The Morgan fingerprint density at radius 2 is 2.11 bits per heavy atom. The molecule has 96 valence electrons. The summed E-state index contributed by atoms with van der Waals surface area (Å²) in [5, 5.41) is 18.2. The lowest BCUT2D eigenvalue weighted by Crippen LogP contribution is -1.95. The van der Waals surface area contributed by atoms with E-state index in [2.05, 4.69) is 10.2 Å². The van der Waals surface area contributed by atoms with E-state index in [9.17, 15) is 18.5 Å². The van der Waals surface area contributed by atoms with Crippen LogP contribution >= 0.6 is 11.3 Å². The molecule has 0 spiro atoms. The Hall–Kier alpha value is -1.81. The van der Waals surface area contributed by atoms with Crippen molar-refractivity contribution in [3.8, 4) is 10.7 Å². The number of nitro groups is 1. The van der Waals surface area contributed by atoms with Crippen LogP contribution in [0.15, 0.2) is 16.6 Å². The number of nitrogens with zero attached hydrogens (tertiary/aromatic N) is 4. The van der Waals surface area contributed by atoms with Gasteiger partial charge in [0.1, 0.15) is 0 Å². The Morgan fingerprint density at radius 3 is 2.56 bits per heavy atom. The quantitative estimate of drug-likeness (QED) is 0.612. The van der Waals surface area contributed by atoms with Crippen LogP contribution in [-0.4, -0.2) is 34.4 Å². The highest BCUT2D eigenvalue weighted by molar-refractivity contribution is 7.92. The minimum Gasteiger partial charge on any atom is -0.342 e. The largest absolute Gasteiger partial charge is 0.342 e. The van der Waals surface area contributed by atoms with Crippen molar-refractivity contribution >= 4 is 26.9 Å². The van der Waals surface area contributed by atoms with Crippen LogP contribution in [0.4, 0.5) is 5.69 Å². The van der Waals surface area contributed by atoms with Crippen LogP contribution in [0, 0.1) is 10.1 Å². The molecular formula is C8H8N4O4S2. The molecule has 0 radical (unpaired) electrons. The van der Waals surface area contributed by atoms with Crippen molar-refractivity contribution in [2.75, 3.05) is 6.26 Å². The monoisotopic (exact) mass is 288 g/mol. The lowest BCUT2D eigenvalue weighted by molar-refractivity contribution is -0.384.